The number of rotatable bonds is 3. The topological polar surface area (TPSA) is 87.4 Å². The highest BCUT2D eigenvalue weighted by Crippen LogP contribution is 2.34. The Morgan fingerprint density at radius 3 is 2.54 bits per heavy atom. The number of halogens is 1. The van der Waals surface area contributed by atoms with Gasteiger partial charge < -0.3 is 21.5 Å². The fraction of sp³-hybridized carbons (Fsp3) is 0.0588. The number of phenols is 1. The number of nitrogens with one attached hydrogen (secondary N) is 2. The molecule has 0 spiro atoms. The van der Waals surface area contributed by atoms with Gasteiger partial charge in [-0.2, -0.15) is 0 Å². The Balaban J connectivity index is 2.18. The molecule has 0 saturated heterocycles. The molecule has 0 fully saturated rings. The molecule has 1 aliphatic rings. The number of hydrogen-bond donors (Lipinski definition) is 4. The fourth-order valence-corrected chi connectivity index (χ4v) is 3.23. The molecule has 0 aliphatic carbocycles. The zero-order valence-corrected chi connectivity index (χ0v) is 14.8. The van der Waals surface area contributed by atoms with Crippen LogP contribution in [0.2, 0.25) is 0 Å². The van der Waals surface area contributed by atoms with E-state index in [-0.39, 0.29) is 5.75 Å². The molecule has 2 aromatic carbocycles. The molecule has 24 heavy (non-hydrogen) atoms. The van der Waals surface area contributed by atoms with Crippen LogP contribution in [0.1, 0.15) is 17.2 Å². The highest BCUT2D eigenvalue weighted by atomic mass is 79.9. The van der Waals surface area contributed by atoms with Crippen molar-refractivity contribution >= 4 is 44.9 Å². The minimum absolute atomic E-state index is 0.114. The number of phenolic OH excluding ortho intramolecular Hbond substituents is 1. The number of nitrogens with two attached hydrogens (primary N) is 1. The Morgan fingerprint density at radius 2 is 1.92 bits per heavy atom. The van der Waals surface area contributed by atoms with Crippen molar-refractivity contribution in [1.29, 1.82) is 0 Å². The van der Waals surface area contributed by atoms with E-state index in [4.69, 9.17) is 18.0 Å². The highest BCUT2D eigenvalue weighted by molar-refractivity contribution is 9.10. The van der Waals surface area contributed by atoms with Crippen molar-refractivity contribution in [3.63, 3.8) is 0 Å². The van der Waals surface area contributed by atoms with Crippen LogP contribution in [-0.4, -0.2) is 16.1 Å². The summed E-state index contributed by atoms with van der Waals surface area (Å²) in [6.45, 7) is 0. The van der Waals surface area contributed by atoms with E-state index in [0.717, 1.165) is 11.1 Å². The van der Waals surface area contributed by atoms with E-state index in [1.165, 1.54) is 0 Å². The molecule has 5 nitrogen and oxygen atoms in total. The zero-order valence-electron chi connectivity index (χ0n) is 12.4. The molecule has 1 aliphatic heterocycles. The smallest absolute Gasteiger partial charge is 0.249 e. The van der Waals surface area contributed by atoms with Crippen molar-refractivity contribution in [2.45, 2.75) is 6.04 Å². The summed E-state index contributed by atoms with van der Waals surface area (Å²) >= 11 is 8.57. The second-order valence-electron chi connectivity index (χ2n) is 5.26. The second-order valence-corrected chi connectivity index (χ2v) is 6.52. The maximum Gasteiger partial charge on any atom is 0.249 e. The number of hydrogen-bond acceptors (Lipinski definition) is 3. The van der Waals surface area contributed by atoms with Gasteiger partial charge in [0.15, 0.2) is 5.11 Å². The molecule has 0 radical (unpaired) electrons. The van der Waals surface area contributed by atoms with Gasteiger partial charge in [0.1, 0.15) is 5.75 Å². The summed E-state index contributed by atoms with van der Waals surface area (Å²) in [5, 5.41) is 16.2. The van der Waals surface area contributed by atoms with Crippen LogP contribution in [0, 0.1) is 0 Å². The summed E-state index contributed by atoms with van der Waals surface area (Å²) in [5.74, 6) is -0.436. The maximum absolute atomic E-state index is 12.2. The van der Waals surface area contributed by atoms with E-state index in [1.807, 2.05) is 30.3 Å². The van der Waals surface area contributed by atoms with Crippen LogP contribution in [0.15, 0.2) is 58.6 Å². The third-order valence-corrected chi connectivity index (χ3v) is 4.56. The lowest BCUT2D eigenvalue weighted by Gasteiger charge is -2.31. The van der Waals surface area contributed by atoms with Gasteiger partial charge in [0, 0.05) is 0 Å². The van der Waals surface area contributed by atoms with Gasteiger partial charge in [0.05, 0.1) is 21.8 Å². The van der Waals surface area contributed by atoms with Crippen LogP contribution in [-0.2, 0) is 4.79 Å². The lowest BCUT2D eigenvalue weighted by molar-refractivity contribution is -0.114. The molecular formula is C17H14BrN3O2S. The molecule has 0 aromatic heterocycles. The maximum atomic E-state index is 12.2. The first kappa shape index (κ1) is 16.5. The number of amides is 1. The van der Waals surface area contributed by atoms with Crippen LogP contribution in [0.3, 0.4) is 0 Å². The molecule has 1 heterocycles. The molecule has 7 heteroatoms. The van der Waals surface area contributed by atoms with Gasteiger partial charge in [0.2, 0.25) is 5.91 Å². The van der Waals surface area contributed by atoms with E-state index < -0.39 is 11.9 Å². The Hall–Kier alpha value is -2.38. The largest absolute Gasteiger partial charge is 0.507 e. The molecule has 1 atom stereocenters. The number of thiocarbonyl (C=S) groups is 1. The van der Waals surface area contributed by atoms with Gasteiger partial charge in [-0.05, 0) is 51.4 Å². The first-order valence-corrected chi connectivity index (χ1v) is 8.33. The van der Waals surface area contributed by atoms with Crippen LogP contribution < -0.4 is 16.4 Å². The van der Waals surface area contributed by atoms with Gasteiger partial charge in [-0.15, -0.1) is 0 Å². The Labute approximate surface area is 152 Å². The van der Waals surface area contributed by atoms with Gasteiger partial charge in [-0.25, -0.2) is 0 Å². The van der Waals surface area contributed by atoms with Crippen molar-refractivity contribution in [2.75, 3.05) is 0 Å². The zero-order chi connectivity index (χ0) is 17.3. The molecule has 2 aromatic rings. The normalized spacial score (nSPS) is 17.2. The first-order valence-electron chi connectivity index (χ1n) is 7.12. The quantitative estimate of drug-likeness (QED) is 0.591. The summed E-state index contributed by atoms with van der Waals surface area (Å²) in [5.41, 5.74) is 8.19. The SMILES string of the molecule is NC(=O)C1=C(c2ccccc2)NC(=S)NC1c1ccc(O)c(Br)c1. The predicted octanol–water partition coefficient (Wildman–Crippen LogP) is 2.57. The van der Waals surface area contributed by atoms with Crippen LogP contribution >= 0.6 is 28.1 Å². The van der Waals surface area contributed by atoms with Crippen LogP contribution in [0.4, 0.5) is 0 Å². The predicted molar refractivity (Wildman–Crippen MR) is 100.0 cm³/mol. The Morgan fingerprint density at radius 1 is 1.21 bits per heavy atom. The van der Waals surface area contributed by atoms with Crippen molar-refractivity contribution in [1.82, 2.24) is 10.6 Å². The Kier molecular flexibility index (Phi) is 4.55. The third-order valence-electron chi connectivity index (χ3n) is 3.70. The van der Waals surface area contributed by atoms with Crippen molar-refractivity contribution in [3.8, 4) is 5.75 Å². The third kappa shape index (κ3) is 3.13. The minimum atomic E-state index is -0.550. The van der Waals surface area contributed by atoms with Crippen LogP contribution in [0.25, 0.3) is 5.70 Å². The van der Waals surface area contributed by atoms with E-state index in [9.17, 15) is 9.90 Å². The van der Waals surface area contributed by atoms with Crippen LogP contribution in [0.5, 0.6) is 5.75 Å². The molecule has 122 valence electrons. The molecule has 3 rings (SSSR count). The van der Waals surface area contributed by atoms with E-state index in [0.29, 0.717) is 20.9 Å². The summed E-state index contributed by atoms with van der Waals surface area (Å²) in [4.78, 5) is 12.2. The van der Waals surface area contributed by atoms with Gasteiger partial charge >= 0.3 is 0 Å². The monoisotopic (exact) mass is 403 g/mol. The van der Waals surface area contributed by atoms with Crippen molar-refractivity contribution in [2.24, 2.45) is 5.73 Å². The summed E-state index contributed by atoms with van der Waals surface area (Å²) in [7, 11) is 0. The van der Waals surface area contributed by atoms with Gasteiger partial charge in [0.25, 0.3) is 0 Å². The Bertz CT molecular complexity index is 852. The van der Waals surface area contributed by atoms with E-state index in [2.05, 4.69) is 26.6 Å². The summed E-state index contributed by atoms with van der Waals surface area (Å²) in [6.07, 6.45) is 0. The number of benzene rings is 2. The summed E-state index contributed by atoms with van der Waals surface area (Å²) in [6, 6.07) is 13.9. The standard InChI is InChI=1S/C17H14BrN3O2S/c18-11-8-10(6-7-12(11)22)15-13(16(19)23)14(20-17(24)21-15)9-4-2-1-3-5-9/h1-8,15,22H,(H2,19,23)(H2,20,21,24). The van der Waals surface area contributed by atoms with Crippen molar-refractivity contribution in [3.05, 3.63) is 69.7 Å². The first-order chi connectivity index (χ1) is 11.5. The average molecular weight is 404 g/mol. The van der Waals surface area contributed by atoms with E-state index >= 15 is 0 Å². The molecular weight excluding hydrogens is 390 g/mol. The second kappa shape index (κ2) is 6.62. The minimum Gasteiger partial charge on any atom is -0.507 e. The molecule has 5 N–H and O–H groups in total. The average Bonchev–Trinajstić information content (AvgIpc) is 2.57. The fourth-order valence-electron chi connectivity index (χ4n) is 2.62. The number of aromatic hydroxyl groups is 1. The van der Waals surface area contributed by atoms with Crippen molar-refractivity contribution < 1.29 is 9.90 Å². The number of primary amides is 1. The summed E-state index contributed by atoms with van der Waals surface area (Å²) < 4.78 is 0.524. The lowest BCUT2D eigenvalue weighted by Crippen LogP contribution is -2.46. The molecule has 1 unspecified atom stereocenters. The lowest BCUT2D eigenvalue weighted by atomic mass is 9.92. The number of carbonyl (C=O) groups excluding carboxylic acids is 1. The van der Waals surface area contributed by atoms with Gasteiger partial charge in [-0.3, -0.25) is 4.79 Å². The van der Waals surface area contributed by atoms with Gasteiger partial charge in [-0.1, -0.05) is 36.4 Å². The highest BCUT2D eigenvalue weighted by Gasteiger charge is 2.31. The number of carbonyl (C=O) groups is 1. The van der Waals surface area contributed by atoms with E-state index in [1.54, 1.807) is 18.2 Å². The molecule has 0 saturated carbocycles. The molecule has 0 bridgehead atoms. The molecule has 1 amide bonds.